The van der Waals surface area contributed by atoms with Crippen molar-refractivity contribution in [3.8, 4) is 0 Å². The number of anilines is 2. The normalized spacial score (nSPS) is 10.2. The van der Waals surface area contributed by atoms with E-state index in [1.165, 1.54) is 18.3 Å². The van der Waals surface area contributed by atoms with Crippen LogP contribution in [0, 0.1) is 12.7 Å². The molecule has 0 aliphatic heterocycles. The van der Waals surface area contributed by atoms with E-state index in [9.17, 15) is 9.18 Å². The van der Waals surface area contributed by atoms with Crippen LogP contribution in [-0.2, 0) is 0 Å². The second-order valence-electron chi connectivity index (χ2n) is 4.82. The van der Waals surface area contributed by atoms with Crippen molar-refractivity contribution in [3.63, 3.8) is 0 Å². The van der Waals surface area contributed by atoms with Crippen LogP contribution in [0.15, 0.2) is 36.7 Å². The summed E-state index contributed by atoms with van der Waals surface area (Å²) in [4.78, 5) is 16.3. The number of halogens is 1. The van der Waals surface area contributed by atoms with Gasteiger partial charge in [-0.25, -0.2) is 4.39 Å². The van der Waals surface area contributed by atoms with Gasteiger partial charge < -0.3 is 10.6 Å². The highest BCUT2D eigenvalue weighted by Gasteiger charge is 2.12. The second-order valence-corrected chi connectivity index (χ2v) is 4.82. The highest BCUT2D eigenvalue weighted by Crippen LogP contribution is 2.18. The largest absolute Gasteiger partial charge is 0.384 e. The number of aromatic nitrogens is 1. The van der Waals surface area contributed by atoms with E-state index in [1.54, 1.807) is 25.3 Å². The molecule has 2 aromatic rings. The standard InChI is InChI=1S/C16H18FN3O/c1-3-5-19-15-4-6-18-10-14(15)16(21)20-13-8-11(2)7-12(17)9-13/h4,6-10H,3,5H2,1-2H3,(H,18,19)(H,20,21). The van der Waals surface area contributed by atoms with Gasteiger partial charge in [0.25, 0.3) is 5.91 Å². The van der Waals surface area contributed by atoms with Crippen LogP contribution in [0.1, 0.15) is 29.3 Å². The number of hydrogen-bond acceptors (Lipinski definition) is 3. The van der Waals surface area contributed by atoms with Crippen molar-refractivity contribution in [1.82, 2.24) is 4.98 Å². The van der Waals surface area contributed by atoms with Gasteiger partial charge in [-0.2, -0.15) is 0 Å². The molecule has 1 heterocycles. The smallest absolute Gasteiger partial charge is 0.259 e. The summed E-state index contributed by atoms with van der Waals surface area (Å²) in [6, 6.07) is 6.17. The van der Waals surface area contributed by atoms with E-state index in [2.05, 4.69) is 15.6 Å². The summed E-state index contributed by atoms with van der Waals surface area (Å²) < 4.78 is 13.4. The first-order valence-corrected chi connectivity index (χ1v) is 6.86. The van der Waals surface area contributed by atoms with Gasteiger partial charge in [0.15, 0.2) is 0 Å². The predicted octanol–water partition coefficient (Wildman–Crippen LogP) is 3.60. The fraction of sp³-hybridized carbons (Fsp3) is 0.250. The molecule has 0 bridgehead atoms. The summed E-state index contributed by atoms with van der Waals surface area (Å²) in [5.41, 5.74) is 2.34. The van der Waals surface area contributed by atoms with Gasteiger partial charge in [-0.15, -0.1) is 0 Å². The van der Waals surface area contributed by atoms with Gasteiger partial charge in [0.2, 0.25) is 0 Å². The maximum atomic E-state index is 13.4. The van der Waals surface area contributed by atoms with Crippen LogP contribution in [0.5, 0.6) is 0 Å². The molecule has 2 N–H and O–H groups in total. The Labute approximate surface area is 123 Å². The van der Waals surface area contributed by atoms with E-state index in [-0.39, 0.29) is 11.7 Å². The van der Waals surface area contributed by atoms with Gasteiger partial charge in [0.05, 0.1) is 11.3 Å². The quantitative estimate of drug-likeness (QED) is 0.883. The number of rotatable bonds is 5. The van der Waals surface area contributed by atoms with Crippen molar-refractivity contribution in [3.05, 3.63) is 53.6 Å². The lowest BCUT2D eigenvalue weighted by Gasteiger charge is -2.11. The molecule has 0 radical (unpaired) electrons. The Hall–Kier alpha value is -2.43. The first-order valence-electron chi connectivity index (χ1n) is 6.86. The number of nitrogens with zero attached hydrogens (tertiary/aromatic N) is 1. The number of nitrogens with one attached hydrogen (secondary N) is 2. The average molecular weight is 287 g/mol. The fourth-order valence-corrected chi connectivity index (χ4v) is 2.00. The summed E-state index contributed by atoms with van der Waals surface area (Å²) in [5.74, 6) is -0.687. The van der Waals surface area contributed by atoms with E-state index in [4.69, 9.17) is 0 Å². The van der Waals surface area contributed by atoms with Crippen molar-refractivity contribution in [2.24, 2.45) is 0 Å². The third-order valence-electron chi connectivity index (χ3n) is 2.93. The lowest BCUT2D eigenvalue weighted by atomic mass is 10.2. The van der Waals surface area contributed by atoms with Crippen molar-refractivity contribution in [2.75, 3.05) is 17.2 Å². The van der Waals surface area contributed by atoms with E-state index in [0.717, 1.165) is 24.2 Å². The highest BCUT2D eigenvalue weighted by atomic mass is 19.1. The first kappa shape index (κ1) is 15.0. The molecule has 4 nitrogen and oxygen atoms in total. The summed E-state index contributed by atoms with van der Waals surface area (Å²) >= 11 is 0. The van der Waals surface area contributed by atoms with Gasteiger partial charge in [0, 0.05) is 24.6 Å². The van der Waals surface area contributed by atoms with Gasteiger partial charge in [-0.3, -0.25) is 9.78 Å². The van der Waals surface area contributed by atoms with Crippen LogP contribution in [-0.4, -0.2) is 17.4 Å². The number of hydrogen-bond donors (Lipinski definition) is 2. The van der Waals surface area contributed by atoms with E-state index < -0.39 is 0 Å². The fourth-order valence-electron chi connectivity index (χ4n) is 2.00. The molecule has 2 rings (SSSR count). The zero-order chi connectivity index (χ0) is 15.2. The van der Waals surface area contributed by atoms with Crippen molar-refractivity contribution in [1.29, 1.82) is 0 Å². The minimum Gasteiger partial charge on any atom is -0.384 e. The molecule has 0 saturated carbocycles. The maximum Gasteiger partial charge on any atom is 0.259 e. The molecule has 0 aliphatic rings. The lowest BCUT2D eigenvalue weighted by Crippen LogP contribution is -2.15. The number of pyridine rings is 1. The zero-order valence-corrected chi connectivity index (χ0v) is 12.1. The van der Waals surface area contributed by atoms with Crippen LogP contribution in [0.3, 0.4) is 0 Å². The predicted molar refractivity (Wildman–Crippen MR) is 82.1 cm³/mol. The molecule has 0 unspecified atom stereocenters. The van der Waals surface area contributed by atoms with Crippen molar-refractivity contribution < 1.29 is 9.18 Å². The maximum absolute atomic E-state index is 13.4. The SMILES string of the molecule is CCCNc1ccncc1C(=O)Nc1cc(C)cc(F)c1. The van der Waals surface area contributed by atoms with Crippen LogP contribution < -0.4 is 10.6 Å². The molecule has 0 fully saturated rings. The Morgan fingerprint density at radius 2 is 2.14 bits per heavy atom. The number of carbonyl (C=O) groups is 1. The average Bonchev–Trinajstić information content (AvgIpc) is 2.44. The molecule has 110 valence electrons. The molecule has 0 saturated heterocycles. The Morgan fingerprint density at radius 1 is 1.33 bits per heavy atom. The van der Waals surface area contributed by atoms with E-state index in [1.807, 2.05) is 6.92 Å². The number of aryl methyl sites for hydroxylation is 1. The second kappa shape index (κ2) is 6.83. The molecular formula is C16H18FN3O. The van der Waals surface area contributed by atoms with Crippen molar-refractivity contribution in [2.45, 2.75) is 20.3 Å². The molecule has 0 atom stereocenters. The molecular weight excluding hydrogens is 269 g/mol. The molecule has 1 amide bonds. The minimum absolute atomic E-state index is 0.313. The first-order chi connectivity index (χ1) is 10.1. The number of carbonyl (C=O) groups excluding carboxylic acids is 1. The van der Waals surface area contributed by atoms with Crippen LogP contribution in [0.4, 0.5) is 15.8 Å². The van der Waals surface area contributed by atoms with Crippen LogP contribution >= 0.6 is 0 Å². The number of amides is 1. The van der Waals surface area contributed by atoms with E-state index in [0.29, 0.717) is 11.3 Å². The Kier molecular flexibility index (Phi) is 4.87. The summed E-state index contributed by atoms with van der Waals surface area (Å²) in [6.45, 7) is 4.59. The zero-order valence-electron chi connectivity index (χ0n) is 12.1. The van der Waals surface area contributed by atoms with Crippen LogP contribution in [0.2, 0.25) is 0 Å². The summed E-state index contributed by atoms with van der Waals surface area (Å²) in [6.07, 6.45) is 4.08. The Bertz CT molecular complexity index is 623. The molecule has 0 spiro atoms. The monoisotopic (exact) mass is 287 g/mol. The van der Waals surface area contributed by atoms with Crippen molar-refractivity contribution >= 4 is 17.3 Å². The topological polar surface area (TPSA) is 54.0 Å². The molecule has 0 aliphatic carbocycles. The van der Waals surface area contributed by atoms with Gasteiger partial charge >= 0.3 is 0 Å². The Balaban J connectivity index is 2.20. The minimum atomic E-state index is -0.374. The van der Waals surface area contributed by atoms with Gasteiger partial charge in [0.1, 0.15) is 5.82 Å². The lowest BCUT2D eigenvalue weighted by molar-refractivity contribution is 0.102. The van der Waals surface area contributed by atoms with Gasteiger partial charge in [-0.05, 0) is 43.2 Å². The molecule has 21 heavy (non-hydrogen) atoms. The molecule has 1 aromatic heterocycles. The third-order valence-corrected chi connectivity index (χ3v) is 2.93. The van der Waals surface area contributed by atoms with Crippen LogP contribution in [0.25, 0.3) is 0 Å². The highest BCUT2D eigenvalue weighted by molar-refractivity contribution is 6.07. The van der Waals surface area contributed by atoms with Gasteiger partial charge in [-0.1, -0.05) is 6.92 Å². The van der Waals surface area contributed by atoms with E-state index >= 15 is 0 Å². The Morgan fingerprint density at radius 3 is 2.86 bits per heavy atom. The summed E-state index contributed by atoms with van der Waals surface area (Å²) in [7, 11) is 0. The third kappa shape index (κ3) is 4.02. The molecule has 5 heteroatoms. The number of benzene rings is 1. The molecule has 1 aromatic carbocycles. The summed E-state index contributed by atoms with van der Waals surface area (Å²) in [5, 5.41) is 5.88.